The van der Waals surface area contributed by atoms with Gasteiger partial charge >= 0.3 is 0 Å². The van der Waals surface area contributed by atoms with Crippen molar-refractivity contribution in [3.05, 3.63) is 88.4 Å². The third kappa shape index (κ3) is 8.16. The van der Waals surface area contributed by atoms with Crippen molar-refractivity contribution in [1.82, 2.24) is 5.32 Å². The Morgan fingerprint density at radius 1 is 0.939 bits per heavy atom. The summed E-state index contributed by atoms with van der Waals surface area (Å²) in [4.78, 5) is 12.9. The molecule has 0 aliphatic heterocycles. The van der Waals surface area contributed by atoms with E-state index in [9.17, 15) is 4.79 Å². The summed E-state index contributed by atoms with van der Waals surface area (Å²) in [5, 5.41) is 5.90. The van der Waals surface area contributed by atoms with Crippen LogP contribution in [0.2, 0.25) is 0 Å². The van der Waals surface area contributed by atoms with Gasteiger partial charge in [0.15, 0.2) is 5.11 Å². The van der Waals surface area contributed by atoms with Gasteiger partial charge in [0.2, 0.25) is 0 Å². The highest BCUT2D eigenvalue weighted by atomic mass is 79.9. The highest BCUT2D eigenvalue weighted by molar-refractivity contribution is 9.10. The number of nitrogens with one attached hydrogen (secondary N) is 2. The molecule has 0 heterocycles. The van der Waals surface area contributed by atoms with Crippen LogP contribution in [0, 0.1) is 0 Å². The standard InChI is InChI=1S/C25H25BrN2O4S/c1-30-15-16-31-21-10-8-20(9-11-21)27-25(33)28-24(29)22-17-19(26)7-12-23(22)32-14-13-18-5-3-2-4-6-18/h2-12,17H,13-16H2,1H3,(H2,27,28,29,33). The van der Waals surface area contributed by atoms with Crippen LogP contribution in [0.25, 0.3) is 0 Å². The molecule has 3 rings (SSSR count). The molecule has 0 atom stereocenters. The number of rotatable bonds is 10. The maximum Gasteiger partial charge on any atom is 0.261 e. The van der Waals surface area contributed by atoms with Gasteiger partial charge in [0, 0.05) is 23.7 Å². The lowest BCUT2D eigenvalue weighted by atomic mass is 10.1. The molecular formula is C25H25BrN2O4S. The molecule has 3 aromatic rings. The first-order valence-electron chi connectivity index (χ1n) is 10.4. The summed E-state index contributed by atoms with van der Waals surface area (Å²) in [5.74, 6) is 0.856. The first kappa shape index (κ1) is 24.7. The van der Waals surface area contributed by atoms with Crippen LogP contribution in [0.15, 0.2) is 77.3 Å². The van der Waals surface area contributed by atoms with Crippen molar-refractivity contribution in [2.24, 2.45) is 0 Å². The zero-order chi connectivity index (χ0) is 23.5. The maximum atomic E-state index is 12.9. The fourth-order valence-corrected chi connectivity index (χ4v) is 3.51. The lowest BCUT2D eigenvalue weighted by Crippen LogP contribution is -2.34. The van der Waals surface area contributed by atoms with Crippen LogP contribution in [0.3, 0.4) is 0 Å². The third-order valence-electron chi connectivity index (χ3n) is 4.57. The smallest absolute Gasteiger partial charge is 0.261 e. The molecule has 2 N–H and O–H groups in total. The number of ether oxygens (including phenoxy) is 3. The lowest BCUT2D eigenvalue weighted by molar-refractivity contribution is 0.0973. The number of hydrogen-bond acceptors (Lipinski definition) is 5. The topological polar surface area (TPSA) is 68.8 Å². The maximum absolute atomic E-state index is 12.9. The molecule has 3 aromatic carbocycles. The zero-order valence-electron chi connectivity index (χ0n) is 18.2. The second-order valence-corrected chi connectivity index (χ2v) is 8.32. The van der Waals surface area contributed by atoms with Crippen molar-refractivity contribution in [3.63, 3.8) is 0 Å². The molecule has 0 fully saturated rings. The van der Waals surface area contributed by atoms with Crippen LogP contribution < -0.4 is 20.1 Å². The van der Waals surface area contributed by atoms with Crippen molar-refractivity contribution in [3.8, 4) is 11.5 Å². The summed E-state index contributed by atoms with van der Waals surface area (Å²) >= 11 is 8.73. The van der Waals surface area contributed by atoms with E-state index in [4.69, 9.17) is 26.4 Å². The van der Waals surface area contributed by atoms with E-state index in [1.165, 1.54) is 5.56 Å². The minimum Gasteiger partial charge on any atom is -0.492 e. The number of methoxy groups -OCH3 is 1. The van der Waals surface area contributed by atoms with Crippen LogP contribution in [-0.2, 0) is 11.2 Å². The van der Waals surface area contributed by atoms with Gasteiger partial charge in [0.1, 0.15) is 18.1 Å². The first-order valence-corrected chi connectivity index (χ1v) is 11.6. The average molecular weight is 529 g/mol. The molecule has 0 bridgehead atoms. The Kier molecular flexibility index (Phi) is 9.68. The number of amides is 1. The summed E-state index contributed by atoms with van der Waals surface area (Å²) in [5.41, 5.74) is 2.29. The predicted octanol–water partition coefficient (Wildman–Crippen LogP) is 5.22. The summed E-state index contributed by atoms with van der Waals surface area (Å²) in [7, 11) is 1.62. The van der Waals surface area contributed by atoms with Crippen LogP contribution in [0.5, 0.6) is 11.5 Å². The highest BCUT2D eigenvalue weighted by Gasteiger charge is 2.15. The molecule has 33 heavy (non-hydrogen) atoms. The molecule has 0 saturated heterocycles. The highest BCUT2D eigenvalue weighted by Crippen LogP contribution is 2.24. The number of hydrogen-bond donors (Lipinski definition) is 2. The van der Waals surface area contributed by atoms with E-state index in [1.54, 1.807) is 19.2 Å². The Bertz CT molecular complexity index is 1060. The van der Waals surface area contributed by atoms with Crippen molar-refractivity contribution in [2.75, 3.05) is 32.2 Å². The van der Waals surface area contributed by atoms with Gasteiger partial charge in [-0.15, -0.1) is 0 Å². The average Bonchev–Trinajstić information content (AvgIpc) is 2.82. The van der Waals surface area contributed by atoms with E-state index in [-0.39, 0.29) is 11.0 Å². The largest absolute Gasteiger partial charge is 0.492 e. The Labute approximate surface area is 207 Å². The molecule has 0 aromatic heterocycles. The number of thiocarbonyl (C=S) groups is 1. The van der Waals surface area contributed by atoms with Crippen molar-refractivity contribution >= 4 is 44.9 Å². The van der Waals surface area contributed by atoms with Gasteiger partial charge in [-0.05, 0) is 60.2 Å². The first-order chi connectivity index (χ1) is 16.0. The number of carbonyl (C=O) groups excluding carboxylic acids is 1. The van der Waals surface area contributed by atoms with Crippen LogP contribution in [-0.4, -0.2) is 38.0 Å². The summed E-state index contributed by atoms with van der Waals surface area (Å²) in [6, 6.07) is 22.6. The Morgan fingerprint density at radius 3 is 2.42 bits per heavy atom. The zero-order valence-corrected chi connectivity index (χ0v) is 20.6. The second-order valence-electron chi connectivity index (χ2n) is 7.00. The normalized spacial score (nSPS) is 10.4. The Hall–Kier alpha value is -2.94. The number of benzene rings is 3. The van der Waals surface area contributed by atoms with E-state index in [0.717, 1.165) is 22.3 Å². The van der Waals surface area contributed by atoms with Crippen molar-refractivity contribution in [2.45, 2.75) is 6.42 Å². The molecular weight excluding hydrogens is 504 g/mol. The van der Waals surface area contributed by atoms with Crippen molar-refractivity contribution in [1.29, 1.82) is 0 Å². The third-order valence-corrected chi connectivity index (χ3v) is 5.27. The van der Waals surface area contributed by atoms with E-state index in [0.29, 0.717) is 31.1 Å². The molecule has 6 nitrogen and oxygen atoms in total. The molecule has 1 amide bonds. The number of anilines is 1. The van der Waals surface area contributed by atoms with Crippen LogP contribution in [0.1, 0.15) is 15.9 Å². The second kappa shape index (κ2) is 12.9. The van der Waals surface area contributed by atoms with E-state index < -0.39 is 0 Å². The molecule has 0 radical (unpaired) electrons. The van der Waals surface area contributed by atoms with Gasteiger partial charge in [-0.2, -0.15) is 0 Å². The fraction of sp³-hybridized carbons (Fsp3) is 0.200. The SMILES string of the molecule is COCCOc1ccc(NC(=S)NC(=O)c2cc(Br)ccc2OCCc2ccccc2)cc1. The summed E-state index contributed by atoms with van der Waals surface area (Å²) in [6.07, 6.45) is 0.739. The predicted molar refractivity (Wildman–Crippen MR) is 137 cm³/mol. The summed E-state index contributed by atoms with van der Waals surface area (Å²) < 4.78 is 17.2. The minimum atomic E-state index is -0.358. The molecule has 8 heteroatoms. The number of halogens is 1. The van der Waals surface area contributed by atoms with Gasteiger partial charge in [-0.25, -0.2) is 0 Å². The molecule has 0 aliphatic carbocycles. The van der Waals surface area contributed by atoms with E-state index in [2.05, 4.69) is 26.6 Å². The Balaban J connectivity index is 1.56. The minimum absolute atomic E-state index is 0.184. The van der Waals surface area contributed by atoms with Gasteiger partial charge < -0.3 is 19.5 Å². The van der Waals surface area contributed by atoms with Gasteiger partial charge in [-0.3, -0.25) is 10.1 Å². The quantitative estimate of drug-likeness (QED) is 0.277. The Morgan fingerprint density at radius 2 is 1.70 bits per heavy atom. The number of carbonyl (C=O) groups is 1. The van der Waals surface area contributed by atoms with Crippen LogP contribution in [0.4, 0.5) is 5.69 Å². The fourth-order valence-electron chi connectivity index (χ4n) is 2.94. The molecule has 0 saturated carbocycles. The van der Waals surface area contributed by atoms with E-state index >= 15 is 0 Å². The van der Waals surface area contributed by atoms with Gasteiger partial charge in [-0.1, -0.05) is 46.3 Å². The van der Waals surface area contributed by atoms with Gasteiger partial charge in [0.05, 0.1) is 18.8 Å². The van der Waals surface area contributed by atoms with Gasteiger partial charge in [0.25, 0.3) is 5.91 Å². The molecule has 0 spiro atoms. The molecule has 0 aliphatic rings. The van der Waals surface area contributed by atoms with Crippen molar-refractivity contribution < 1.29 is 19.0 Å². The molecule has 172 valence electrons. The van der Waals surface area contributed by atoms with Crippen LogP contribution >= 0.6 is 28.1 Å². The monoisotopic (exact) mass is 528 g/mol. The summed E-state index contributed by atoms with van der Waals surface area (Å²) in [6.45, 7) is 1.44. The van der Waals surface area contributed by atoms with E-state index in [1.807, 2.05) is 60.7 Å². The lowest BCUT2D eigenvalue weighted by Gasteiger charge is -2.14. The molecule has 0 unspecified atom stereocenters.